The monoisotopic (exact) mass is 400 g/mol. The zero-order valence-corrected chi connectivity index (χ0v) is 16.6. The van der Waals surface area contributed by atoms with Crippen LogP contribution in [0.2, 0.25) is 0 Å². The Bertz CT molecular complexity index is 737. The predicted octanol–water partition coefficient (Wildman–Crippen LogP) is 0.404. The minimum absolute atomic E-state index is 0.0503. The van der Waals surface area contributed by atoms with Crippen LogP contribution in [0.5, 0.6) is 0 Å². The number of carbonyl (C=O) groups is 2. The van der Waals surface area contributed by atoms with Gasteiger partial charge in [0.1, 0.15) is 5.69 Å². The molecule has 0 aliphatic rings. The van der Waals surface area contributed by atoms with Crippen molar-refractivity contribution in [2.75, 3.05) is 25.9 Å². The number of aryl methyl sites for hydroxylation is 1. The maximum absolute atomic E-state index is 12.1. The summed E-state index contributed by atoms with van der Waals surface area (Å²) < 4.78 is 30.0. The molecule has 27 heavy (non-hydrogen) atoms. The van der Waals surface area contributed by atoms with Gasteiger partial charge in [0.2, 0.25) is 5.91 Å². The van der Waals surface area contributed by atoms with Gasteiger partial charge in [0.05, 0.1) is 11.4 Å². The van der Waals surface area contributed by atoms with Crippen LogP contribution in [0, 0.1) is 6.92 Å². The van der Waals surface area contributed by atoms with Crippen molar-refractivity contribution in [1.29, 1.82) is 0 Å². The molecule has 0 unspecified atom stereocenters. The number of amides is 2. The molecule has 0 saturated carbocycles. The maximum atomic E-state index is 12.1. The second kappa shape index (κ2) is 11.6. The quantitative estimate of drug-likeness (QED) is 0.294. The van der Waals surface area contributed by atoms with Gasteiger partial charge < -0.3 is 16.0 Å². The zero-order valence-electron chi connectivity index (χ0n) is 15.7. The molecule has 0 spiro atoms. The standard InChI is InChI=1S/C17H28N4O5S/c1-13-10-14(12-19-7-5-3-4-6-16(22)18-2)21-15(11-13)17(23)20-8-9-27(24,25)26/h10-11,19H,3-9,12H2,1-2H3,(H,18,22)(H,20,23)(H,24,25,26). The Morgan fingerprint density at radius 2 is 1.89 bits per heavy atom. The summed E-state index contributed by atoms with van der Waals surface area (Å²) in [5, 5.41) is 8.26. The van der Waals surface area contributed by atoms with Crippen LogP contribution in [0.15, 0.2) is 12.1 Å². The second-order valence-electron chi connectivity index (χ2n) is 6.22. The highest BCUT2D eigenvalue weighted by molar-refractivity contribution is 7.85. The second-order valence-corrected chi connectivity index (χ2v) is 7.80. The first kappa shape index (κ1) is 23.0. The van der Waals surface area contributed by atoms with Crippen molar-refractivity contribution in [3.8, 4) is 0 Å². The van der Waals surface area contributed by atoms with E-state index in [1.165, 1.54) is 0 Å². The van der Waals surface area contributed by atoms with E-state index < -0.39 is 21.8 Å². The number of unbranched alkanes of at least 4 members (excludes halogenated alkanes) is 2. The van der Waals surface area contributed by atoms with Gasteiger partial charge in [-0.05, 0) is 44.0 Å². The molecule has 1 rings (SSSR count). The summed E-state index contributed by atoms with van der Waals surface area (Å²) in [6.45, 7) is 2.94. The Morgan fingerprint density at radius 1 is 1.15 bits per heavy atom. The third kappa shape index (κ3) is 10.6. The van der Waals surface area contributed by atoms with Gasteiger partial charge in [-0.2, -0.15) is 8.42 Å². The Kier molecular flexibility index (Phi) is 9.90. The third-order valence-electron chi connectivity index (χ3n) is 3.74. The van der Waals surface area contributed by atoms with E-state index in [0.29, 0.717) is 18.7 Å². The lowest BCUT2D eigenvalue weighted by atomic mass is 10.2. The smallest absolute Gasteiger partial charge is 0.269 e. The fourth-order valence-electron chi connectivity index (χ4n) is 2.38. The molecule has 1 heterocycles. The molecular formula is C17H28N4O5S. The van der Waals surface area contributed by atoms with Gasteiger partial charge in [0.25, 0.3) is 16.0 Å². The number of hydrogen-bond acceptors (Lipinski definition) is 6. The van der Waals surface area contributed by atoms with Crippen LogP contribution in [-0.4, -0.2) is 55.7 Å². The highest BCUT2D eigenvalue weighted by atomic mass is 32.2. The Morgan fingerprint density at radius 3 is 2.56 bits per heavy atom. The van der Waals surface area contributed by atoms with Crippen molar-refractivity contribution in [3.63, 3.8) is 0 Å². The summed E-state index contributed by atoms with van der Waals surface area (Å²) in [6.07, 6.45) is 3.26. The van der Waals surface area contributed by atoms with Crippen molar-refractivity contribution in [3.05, 3.63) is 29.1 Å². The fraction of sp³-hybridized carbons (Fsp3) is 0.588. The summed E-state index contributed by atoms with van der Waals surface area (Å²) in [6, 6.07) is 3.48. The van der Waals surface area contributed by atoms with Gasteiger partial charge in [-0.25, -0.2) is 4.98 Å². The lowest BCUT2D eigenvalue weighted by Crippen LogP contribution is -2.30. The summed E-state index contributed by atoms with van der Waals surface area (Å²) in [4.78, 5) is 27.4. The van der Waals surface area contributed by atoms with E-state index in [1.54, 1.807) is 13.1 Å². The molecule has 0 bridgehead atoms. The summed E-state index contributed by atoms with van der Waals surface area (Å²) in [5.41, 5.74) is 1.78. The molecule has 1 aromatic rings. The molecule has 0 radical (unpaired) electrons. The highest BCUT2D eigenvalue weighted by Crippen LogP contribution is 2.06. The number of rotatable bonds is 12. The molecule has 0 saturated heterocycles. The molecule has 0 fully saturated rings. The summed E-state index contributed by atoms with van der Waals surface area (Å²) in [7, 11) is -2.49. The molecule has 0 aliphatic carbocycles. The average Bonchev–Trinajstić information content (AvgIpc) is 2.59. The Hall–Kier alpha value is -2.04. The van der Waals surface area contributed by atoms with Gasteiger partial charge >= 0.3 is 0 Å². The fourth-order valence-corrected chi connectivity index (χ4v) is 2.74. The molecule has 0 aromatic carbocycles. The van der Waals surface area contributed by atoms with Crippen LogP contribution in [0.1, 0.15) is 47.4 Å². The van der Waals surface area contributed by atoms with Crippen molar-refractivity contribution >= 4 is 21.9 Å². The first-order valence-corrected chi connectivity index (χ1v) is 10.4. The SMILES string of the molecule is CNC(=O)CCCCCNCc1cc(C)cc(C(=O)NCCS(=O)(=O)O)n1. The summed E-state index contributed by atoms with van der Waals surface area (Å²) in [5.74, 6) is -0.981. The summed E-state index contributed by atoms with van der Waals surface area (Å²) >= 11 is 0. The molecule has 0 aliphatic heterocycles. The van der Waals surface area contributed by atoms with Crippen LogP contribution < -0.4 is 16.0 Å². The van der Waals surface area contributed by atoms with Crippen LogP contribution >= 0.6 is 0 Å². The van der Waals surface area contributed by atoms with Crippen molar-refractivity contribution in [2.45, 2.75) is 39.2 Å². The van der Waals surface area contributed by atoms with E-state index in [9.17, 15) is 18.0 Å². The molecule has 4 N–H and O–H groups in total. The molecule has 152 valence electrons. The number of carbonyl (C=O) groups excluding carboxylic acids is 2. The number of aromatic nitrogens is 1. The topological polar surface area (TPSA) is 137 Å². The predicted molar refractivity (Wildman–Crippen MR) is 102 cm³/mol. The maximum Gasteiger partial charge on any atom is 0.269 e. The first-order chi connectivity index (χ1) is 12.7. The van der Waals surface area contributed by atoms with Crippen LogP contribution in [-0.2, 0) is 21.5 Å². The minimum Gasteiger partial charge on any atom is -0.359 e. The van der Waals surface area contributed by atoms with Crippen molar-refractivity contribution < 1.29 is 22.6 Å². The van der Waals surface area contributed by atoms with Crippen LogP contribution in [0.3, 0.4) is 0 Å². The van der Waals surface area contributed by atoms with E-state index in [2.05, 4.69) is 20.9 Å². The van der Waals surface area contributed by atoms with E-state index in [1.807, 2.05) is 13.0 Å². The lowest BCUT2D eigenvalue weighted by molar-refractivity contribution is -0.120. The molecule has 9 nitrogen and oxygen atoms in total. The first-order valence-electron chi connectivity index (χ1n) is 8.83. The molecule has 1 aromatic heterocycles. The van der Waals surface area contributed by atoms with Gasteiger partial charge in [0.15, 0.2) is 0 Å². The van der Waals surface area contributed by atoms with Crippen molar-refractivity contribution in [2.24, 2.45) is 0 Å². The van der Waals surface area contributed by atoms with E-state index in [4.69, 9.17) is 4.55 Å². The van der Waals surface area contributed by atoms with E-state index >= 15 is 0 Å². The van der Waals surface area contributed by atoms with E-state index in [-0.39, 0.29) is 18.1 Å². The normalized spacial score (nSPS) is 11.2. The van der Waals surface area contributed by atoms with Gasteiger partial charge in [-0.3, -0.25) is 14.1 Å². The van der Waals surface area contributed by atoms with Gasteiger partial charge in [0, 0.05) is 26.6 Å². The number of hydrogen-bond donors (Lipinski definition) is 4. The van der Waals surface area contributed by atoms with Crippen molar-refractivity contribution in [1.82, 2.24) is 20.9 Å². The zero-order chi connectivity index (χ0) is 20.3. The third-order valence-corrected chi connectivity index (χ3v) is 4.46. The molecule has 0 atom stereocenters. The molecule has 10 heteroatoms. The minimum atomic E-state index is -4.11. The highest BCUT2D eigenvalue weighted by Gasteiger charge is 2.11. The Balaban J connectivity index is 2.40. The molecular weight excluding hydrogens is 372 g/mol. The van der Waals surface area contributed by atoms with E-state index in [0.717, 1.165) is 31.4 Å². The lowest BCUT2D eigenvalue weighted by Gasteiger charge is -2.09. The number of nitrogens with zero attached hydrogens (tertiary/aromatic N) is 1. The average molecular weight is 401 g/mol. The molecule has 2 amide bonds. The Labute approximate surface area is 160 Å². The van der Waals surface area contributed by atoms with Crippen LogP contribution in [0.4, 0.5) is 0 Å². The number of pyridine rings is 1. The van der Waals surface area contributed by atoms with Gasteiger partial charge in [-0.1, -0.05) is 6.42 Å². The van der Waals surface area contributed by atoms with Crippen LogP contribution in [0.25, 0.3) is 0 Å². The van der Waals surface area contributed by atoms with Gasteiger partial charge in [-0.15, -0.1) is 0 Å². The largest absolute Gasteiger partial charge is 0.359 e. The number of nitrogens with one attached hydrogen (secondary N) is 3.